The van der Waals surface area contributed by atoms with Crippen molar-refractivity contribution in [1.29, 1.82) is 0 Å². The van der Waals surface area contributed by atoms with E-state index in [2.05, 4.69) is 10.1 Å². The molecule has 0 radical (unpaired) electrons. The van der Waals surface area contributed by atoms with Gasteiger partial charge in [0, 0.05) is 46.8 Å². The number of nitrogens with one attached hydrogen (secondary N) is 1. The van der Waals surface area contributed by atoms with Crippen molar-refractivity contribution < 1.29 is 36.9 Å². The Kier molecular flexibility index (Phi) is 8.48. The van der Waals surface area contributed by atoms with Crippen molar-refractivity contribution in [2.45, 2.75) is 75.2 Å². The van der Waals surface area contributed by atoms with Crippen LogP contribution in [-0.4, -0.2) is 48.6 Å². The third-order valence-corrected chi connectivity index (χ3v) is 8.73. The number of halogens is 5. The summed E-state index contributed by atoms with van der Waals surface area (Å²) in [6.07, 6.45) is 0.520. The van der Waals surface area contributed by atoms with Crippen molar-refractivity contribution in [3.8, 4) is 5.75 Å². The molecule has 1 heterocycles. The standard InChI is InChI=1S/C30H31ClF4N2O4/c1-15-23-22(41-30(15,16-5-3-2-4-6-16)14-37-17-7-9-18(38)10-8-17)13-20(32)26(31)25(23)24-19(28(36)39)11-12-21(27(24)33)40-29(34)35/h2-6,11-13,15,17-18,21,27,29,37-38H,7-10,14H2,1H3,(H2,36,39)/t15-,17?,18?,21-,27?,30-/m0/s1. The number of amides is 1. The molecule has 0 spiro atoms. The lowest BCUT2D eigenvalue weighted by Gasteiger charge is -2.37. The lowest BCUT2D eigenvalue weighted by Crippen LogP contribution is -2.48. The maximum atomic E-state index is 16.0. The van der Waals surface area contributed by atoms with E-state index >= 15 is 8.78 Å². The first-order valence-electron chi connectivity index (χ1n) is 13.5. The molecule has 3 aliphatic rings. The number of hydrogen-bond donors (Lipinski definition) is 3. The van der Waals surface area contributed by atoms with Gasteiger partial charge >= 0.3 is 6.61 Å². The summed E-state index contributed by atoms with van der Waals surface area (Å²) in [7, 11) is 0. The van der Waals surface area contributed by atoms with E-state index in [0.29, 0.717) is 18.4 Å². The van der Waals surface area contributed by atoms with Crippen LogP contribution < -0.4 is 15.8 Å². The number of fused-ring (bicyclic) bond motifs is 1. The molecule has 4 N–H and O–H groups in total. The number of aliphatic hydroxyl groups excluding tert-OH is 1. The minimum Gasteiger partial charge on any atom is -0.480 e. The number of benzene rings is 2. The molecule has 6 nitrogen and oxygen atoms in total. The molecule has 1 amide bonds. The maximum Gasteiger partial charge on any atom is 0.345 e. The van der Waals surface area contributed by atoms with E-state index in [-0.39, 0.29) is 35.6 Å². The maximum absolute atomic E-state index is 16.0. The van der Waals surface area contributed by atoms with Crippen LogP contribution in [-0.2, 0) is 15.1 Å². The number of carbonyl (C=O) groups is 1. The molecule has 1 fully saturated rings. The van der Waals surface area contributed by atoms with Gasteiger partial charge in [0.15, 0.2) is 11.8 Å². The summed E-state index contributed by atoms with van der Waals surface area (Å²) in [5.41, 5.74) is 4.61. The van der Waals surface area contributed by atoms with Crippen LogP contribution in [0.15, 0.2) is 54.1 Å². The number of aliphatic hydroxyl groups is 1. The summed E-state index contributed by atoms with van der Waals surface area (Å²) in [6, 6.07) is 10.5. The van der Waals surface area contributed by atoms with Gasteiger partial charge in [0.05, 0.1) is 11.1 Å². The third-order valence-electron chi connectivity index (χ3n) is 8.36. The predicted octanol–water partition coefficient (Wildman–Crippen LogP) is 5.52. The second-order valence-corrected chi connectivity index (χ2v) is 11.1. The van der Waals surface area contributed by atoms with Gasteiger partial charge in [0.25, 0.3) is 0 Å². The largest absolute Gasteiger partial charge is 0.480 e. The smallest absolute Gasteiger partial charge is 0.345 e. The summed E-state index contributed by atoms with van der Waals surface area (Å²) in [6.45, 7) is -1.19. The fourth-order valence-corrected chi connectivity index (χ4v) is 6.48. The summed E-state index contributed by atoms with van der Waals surface area (Å²) >= 11 is 6.48. The zero-order valence-electron chi connectivity index (χ0n) is 22.3. The Labute approximate surface area is 240 Å². The molecule has 220 valence electrons. The summed E-state index contributed by atoms with van der Waals surface area (Å²) < 4.78 is 68.5. The summed E-state index contributed by atoms with van der Waals surface area (Å²) in [5, 5.41) is 13.0. The number of carbonyl (C=O) groups excluding carboxylic acids is 1. The molecular weight excluding hydrogens is 564 g/mol. The Morgan fingerprint density at radius 2 is 1.93 bits per heavy atom. The zero-order chi connectivity index (χ0) is 29.5. The Morgan fingerprint density at radius 3 is 2.56 bits per heavy atom. The molecule has 0 bridgehead atoms. The fourth-order valence-electron chi connectivity index (χ4n) is 6.22. The highest BCUT2D eigenvalue weighted by Crippen LogP contribution is 2.55. The SMILES string of the molecule is C[C@H]1c2c(cc(F)c(Cl)c2C2=C(C(N)=O)C=C[C@H](OC(F)F)C2F)O[C@]1(CNC1CCC(O)CC1)c1ccccc1. The number of alkyl halides is 3. The van der Waals surface area contributed by atoms with Crippen molar-refractivity contribution in [1.82, 2.24) is 5.32 Å². The van der Waals surface area contributed by atoms with Gasteiger partial charge in [-0.25, -0.2) is 8.78 Å². The average molecular weight is 595 g/mol. The van der Waals surface area contributed by atoms with Gasteiger partial charge in [0.1, 0.15) is 17.7 Å². The van der Waals surface area contributed by atoms with Gasteiger partial charge in [-0.05, 0) is 31.2 Å². The molecule has 5 rings (SSSR count). The topological polar surface area (TPSA) is 93.8 Å². The number of hydrogen-bond acceptors (Lipinski definition) is 5. The van der Waals surface area contributed by atoms with Gasteiger partial charge in [-0.2, -0.15) is 8.78 Å². The van der Waals surface area contributed by atoms with E-state index in [1.807, 2.05) is 37.3 Å². The predicted molar refractivity (Wildman–Crippen MR) is 146 cm³/mol. The van der Waals surface area contributed by atoms with Gasteiger partial charge in [-0.15, -0.1) is 0 Å². The second kappa shape index (κ2) is 11.8. The molecule has 2 aromatic rings. The van der Waals surface area contributed by atoms with Crippen molar-refractivity contribution in [2.24, 2.45) is 5.73 Å². The molecule has 0 aromatic heterocycles. The molecule has 0 saturated heterocycles. The summed E-state index contributed by atoms with van der Waals surface area (Å²) in [5.74, 6) is -2.46. The molecule has 1 unspecified atom stereocenters. The number of ether oxygens (including phenoxy) is 2. The van der Waals surface area contributed by atoms with Crippen LogP contribution in [0.3, 0.4) is 0 Å². The molecule has 2 aliphatic carbocycles. The Hall–Kier alpha value is -2.92. The van der Waals surface area contributed by atoms with Crippen molar-refractivity contribution in [3.63, 3.8) is 0 Å². The highest BCUT2D eigenvalue weighted by molar-refractivity contribution is 6.33. The normalized spacial score (nSPS) is 29.5. The van der Waals surface area contributed by atoms with E-state index in [9.17, 15) is 18.7 Å². The van der Waals surface area contributed by atoms with Gasteiger partial charge in [0.2, 0.25) is 5.91 Å². The Morgan fingerprint density at radius 1 is 1.24 bits per heavy atom. The Balaban J connectivity index is 1.64. The van der Waals surface area contributed by atoms with Crippen LogP contribution in [0.5, 0.6) is 5.75 Å². The molecular formula is C30H31ClF4N2O4. The molecule has 41 heavy (non-hydrogen) atoms. The quantitative estimate of drug-likeness (QED) is 0.350. The fraction of sp³-hybridized carbons (Fsp3) is 0.433. The monoisotopic (exact) mass is 594 g/mol. The first kappa shape index (κ1) is 29.6. The van der Waals surface area contributed by atoms with Crippen molar-refractivity contribution >= 4 is 23.1 Å². The van der Waals surface area contributed by atoms with Crippen LogP contribution >= 0.6 is 11.6 Å². The first-order valence-corrected chi connectivity index (χ1v) is 13.9. The number of nitrogens with two attached hydrogens (primary N) is 1. The highest BCUT2D eigenvalue weighted by Gasteiger charge is 2.51. The minimum absolute atomic E-state index is 0.0866. The van der Waals surface area contributed by atoms with Gasteiger partial charge in [-0.3, -0.25) is 4.79 Å². The molecule has 1 aliphatic heterocycles. The molecule has 4 atom stereocenters. The van der Waals surface area contributed by atoms with Crippen LogP contribution in [0.25, 0.3) is 5.57 Å². The van der Waals surface area contributed by atoms with E-state index in [1.165, 1.54) is 0 Å². The summed E-state index contributed by atoms with van der Waals surface area (Å²) in [4.78, 5) is 12.4. The average Bonchev–Trinajstić information content (AvgIpc) is 3.22. The number of primary amides is 1. The first-order chi connectivity index (χ1) is 19.5. The number of rotatable bonds is 8. The van der Waals surface area contributed by atoms with Crippen LogP contribution in [0.1, 0.15) is 55.2 Å². The Bertz CT molecular complexity index is 1360. The molecule has 11 heteroatoms. The highest BCUT2D eigenvalue weighted by atomic mass is 35.5. The van der Waals surface area contributed by atoms with E-state index in [1.54, 1.807) is 0 Å². The van der Waals surface area contributed by atoms with E-state index in [4.69, 9.17) is 22.1 Å². The van der Waals surface area contributed by atoms with Crippen LogP contribution in [0.2, 0.25) is 5.02 Å². The minimum atomic E-state index is -3.30. The van der Waals surface area contributed by atoms with E-state index < -0.39 is 52.7 Å². The molecule has 1 saturated carbocycles. The van der Waals surface area contributed by atoms with Crippen molar-refractivity contribution in [3.05, 3.63) is 81.7 Å². The lowest BCUT2D eigenvalue weighted by atomic mass is 9.76. The van der Waals surface area contributed by atoms with Crippen molar-refractivity contribution in [2.75, 3.05) is 6.54 Å². The van der Waals surface area contributed by atoms with Gasteiger partial charge < -0.3 is 25.6 Å². The lowest BCUT2D eigenvalue weighted by molar-refractivity contribution is -0.159. The third kappa shape index (κ3) is 5.50. The van der Waals surface area contributed by atoms with Crippen LogP contribution in [0.4, 0.5) is 17.6 Å². The van der Waals surface area contributed by atoms with Gasteiger partial charge in [-0.1, -0.05) is 61.0 Å². The zero-order valence-corrected chi connectivity index (χ0v) is 23.0. The second-order valence-electron chi connectivity index (χ2n) is 10.7. The van der Waals surface area contributed by atoms with E-state index in [0.717, 1.165) is 36.6 Å². The molecule has 2 aromatic carbocycles. The van der Waals surface area contributed by atoms with Crippen LogP contribution in [0, 0.1) is 5.82 Å².